The second kappa shape index (κ2) is 8.52. The van der Waals surface area contributed by atoms with E-state index in [4.69, 9.17) is 9.47 Å². The fraction of sp³-hybridized carbons (Fsp3) is 0.316. The first-order valence-electron chi connectivity index (χ1n) is 8.86. The molecule has 0 radical (unpaired) electrons. The van der Waals surface area contributed by atoms with Crippen molar-refractivity contribution in [1.82, 2.24) is 9.62 Å². The van der Waals surface area contributed by atoms with Gasteiger partial charge < -0.3 is 14.8 Å². The topological polar surface area (TPSA) is 84.9 Å². The summed E-state index contributed by atoms with van der Waals surface area (Å²) >= 11 is 0. The van der Waals surface area contributed by atoms with Gasteiger partial charge in [0.1, 0.15) is 19.3 Å². The van der Waals surface area contributed by atoms with Crippen molar-refractivity contribution in [3.05, 3.63) is 54.1 Å². The quantitative estimate of drug-likeness (QED) is 0.740. The van der Waals surface area contributed by atoms with Gasteiger partial charge >= 0.3 is 6.18 Å². The number of para-hydroxylation sites is 2. The van der Waals surface area contributed by atoms with Crippen LogP contribution in [0.2, 0.25) is 0 Å². The number of amides is 1. The summed E-state index contributed by atoms with van der Waals surface area (Å²) in [7, 11) is -2.53. The van der Waals surface area contributed by atoms with Crippen molar-refractivity contribution in [3.63, 3.8) is 0 Å². The van der Waals surface area contributed by atoms with Gasteiger partial charge in [0.15, 0.2) is 11.5 Å². The smallest absolute Gasteiger partial charge is 0.405 e. The molecule has 0 spiro atoms. The largest absolute Gasteiger partial charge is 0.486 e. The van der Waals surface area contributed by atoms with Crippen molar-refractivity contribution in [1.29, 1.82) is 0 Å². The van der Waals surface area contributed by atoms with E-state index in [2.05, 4.69) is 0 Å². The van der Waals surface area contributed by atoms with Gasteiger partial charge in [0.05, 0.1) is 11.4 Å². The molecule has 1 amide bonds. The van der Waals surface area contributed by atoms with E-state index in [0.29, 0.717) is 11.5 Å². The predicted octanol–water partition coefficient (Wildman–Crippen LogP) is 2.44. The molecule has 0 fully saturated rings. The number of alkyl halides is 3. The van der Waals surface area contributed by atoms with Gasteiger partial charge in [0.2, 0.25) is 10.0 Å². The van der Waals surface area contributed by atoms with E-state index in [1.54, 1.807) is 29.6 Å². The highest BCUT2D eigenvalue weighted by Crippen LogP contribution is 2.31. The Kier molecular flexibility index (Phi) is 6.22. The highest BCUT2D eigenvalue weighted by Gasteiger charge is 2.29. The molecule has 0 bridgehead atoms. The van der Waals surface area contributed by atoms with Gasteiger partial charge in [0, 0.05) is 12.6 Å². The summed E-state index contributed by atoms with van der Waals surface area (Å²) in [6.45, 7) is -1.28. The minimum Gasteiger partial charge on any atom is -0.486 e. The fourth-order valence-corrected chi connectivity index (χ4v) is 3.98. The Morgan fingerprint density at radius 1 is 1.13 bits per heavy atom. The van der Waals surface area contributed by atoms with Crippen molar-refractivity contribution in [2.45, 2.75) is 17.2 Å². The zero-order chi connectivity index (χ0) is 21.9. The molecule has 1 N–H and O–H groups in total. The van der Waals surface area contributed by atoms with Crippen LogP contribution >= 0.6 is 0 Å². The van der Waals surface area contributed by atoms with Crippen LogP contribution in [0, 0.1) is 0 Å². The molecule has 1 aliphatic rings. The number of nitrogens with zero attached hydrogens (tertiary/aromatic N) is 1. The Morgan fingerprint density at radius 3 is 2.40 bits per heavy atom. The number of ether oxygens (including phenoxy) is 2. The Bertz CT molecular complexity index is 1010. The molecular formula is C19H19F3N2O5S. The maximum Gasteiger partial charge on any atom is 0.405 e. The van der Waals surface area contributed by atoms with Crippen molar-refractivity contribution < 1.29 is 35.9 Å². The van der Waals surface area contributed by atoms with Gasteiger partial charge in [-0.2, -0.15) is 17.5 Å². The van der Waals surface area contributed by atoms with Crippen LogP contribution in [-0.4, -0.2) is 57.7 Å². The second-order valence-corrected chi connectivity index (χ2v) is 8.65. The Morgan fingerprint density at radius 2 is 1.77 bits per heavy atom. The van der Waals surface area contributed by atoms with Crippen LogP contribution in [0.15, 0.2) is 53.4 Å². The molecule has 2 aromatic carbocycles. The third kappa shape index (κ3) is 5.22. The van der Waals surface area contributed by atoms with Crippen LogP contribution in [-0.2, 0) is 10.0 Å². The molecule has 0 unspecified atom stereocenters. The SMILES string of the molecule is CN(C[C@@H]1COc2ccccc2O1)S(=O)(=O)c1ccc(C(=O)NCC(F)(F)F)cc1. The van der Waals surface area contributed by atoms with Crippen LogP contribution < -0.4 is 14.8 Å². The minimum absolute atomic E-state index is 0.0183. The lowest BCUT2D eigenvalue weighted by molar-refractivity contribution is -0.123. The molecule has 11 heteroatoms. The molecule has 1 atom stereocenters. The third-order valence-corrected chi connectivity index (χ3v) is 6.14. The Hall–Kier alpha value is -2.79. The van der Waals surface area contributed by atoms with Crippen LogP contribution in [0.25, 0.3) is 0 Å². The van der Waals surface area contributed by atoms with Crippen molar-refractivity contribution in [3.8, 4) is 11.5 Å². The van der Waals surface area contributed by atoms with E-state index in [-0.39, 0.29) is 23.6 Å². The van der Waals surface area contributed by atoms with E-state index in [1.165, 1.54) is 19.2 Å². The second-order valence-electron chi connectivity index (χ2n) is 6.61. The summed E-state index contributed by atoms with van der Waals surface area (Å²) in [5.74, 6) is 0.156. The number of rotatable bonds is 6. The van der Waals surface area contributed by atoms with Gasteiger partial charge in [-0.05, 0) is 36.4 Å². The maximum atomic E-state index is 12.8. The lowest BCUT2D eigenvalue weighted by atomic mass is 10.2. The molecule has 7 nitrogen and oxygen atoms in total. The number of fused-ring (bicyclic) bond motifs is 1. The zero-order valence-electron chi connectivity index (χ0n) is 15.8. The van der Waals surface area contributed by atoms with Crippen LogP contribution in [0.3, 0.4) is 0 Å². The van der Waals surface area contributed by atoms with E-state index in [1.807, 2.05) is 0 Å². The normalized spacial score (nSPS) is 16.4. The third-order valence-electron chi connectivity index (χ3n) is 4.30. The first-order chi connectivity index (χ1) is 14.1. The monoisotopic (exact) mass is 444 g/mol. The average Bonchev–Trinajstić information content (AvgIpc) is 2.71. The molecular weight excluding hydrogens is 425 g/mol. The van der Waals surface area contributed by atoms with Crippen LogP contribution in [0.4, 0.5) is 13.2 Å². The van der Waals surface area contributed by atoms with Gasteiger partial charge in [-0.1, -0.05) is 12.1 Å². The van der Waals surface area contributed by atoms with Crippen LogP contribution in [0.1, 0.15) is 10.4 Å². The molecule has 30 heavy (non-hydrogen) atoms. The number of carbonyl (C=O) groups excluding carboxylic acids is 1. The van der Waals surface area contributed by atoms with Crippen LogP contribution in [0.5, 0.6) is 11.5 Å². The molecule has 162 valence electrons. The minimum atomic E-state index is -4.53. The molecule has 2 aromatic rings. The number of carbonyl (C=O) groups is 1. The number of sulfonamides is 1. The number of likely N-dealkylation sites (N-methyl/N-ethyl adjacent to an activating group) is 1. The van der Waals surface area contributed by atoms with Crippen molar-refractivity contribution in [2.75, 3.05) is 26.7 Å². The Balaban J connectivity index is 1.64. The first-order valence-corrected chi connectivity index (χ1v) is 10.3. The lowest BCUT2D eigenvalue weighted by Crippen LogP contribution is -2.41. The number of halogens is 3. The number of nitrogens with one attached hydrogen (secondary N) is 1. The summed E-state index contributed by atoms with van der Waals surface area (Å²) < 4.78 is 74.6. The molecule has 0 saturated carbocycles. The number of benzene rings is 2. The van der Waals surface area contributed by atoms with Crippen molar-refractivity contribution >= 4 is 15.9 Å². The van der Waals surface area contributed by atoms with Gasteiger partial charge in [0.25, 0.3) is 5.91 Å². The molecule has 3 rings (SSSR count). The predicted molar refractivity (Wildman–Crippen MR) is 101 cm³/mol. The summed E-state index contributed by atoms with van der Waals surface area (Å²) in [4.78, 5) is 11.6. The van der Waals surface area contributed by atoms with Crippen molar-refractivity contribution in [2.24, 2.45) is 0 Å². The molecule has 0 aliphatic carbocycles. The molecule has 0 saturated heterocycles. The fourth-order valence-electron chi connectivity index (χ4n) is 2.78. The van der Waals surface area contributed by atoms with E-state index in [9.17, 15) is 26.4 Å². The van der Waals surface area contributed by atoms with Gasteiger partial charge in [-0.15, -0.1) is 0 Å². The van der Waals surface area contributed by atoms with Gasteiger partial charge in [-0.25, -0.2) is 8.42 Å². The highest BCUT2D eigenvalue weighted by atomic mass is 32.2. The van der Waals surface area contributed by atoms with E-state index < -0.39 is 34.8 Å². The highest BCUT2D eigenvalue weighted by molar-refractivity contribution is 7.89. The average molecular weight is 444 g/mol. The first kappa shape index (κ1) is 21.9. The van der Waals surface area contributed by atoms with E-state index in [0.717, 1.165) is 16.4 Å². The maximum absolute atomic E-state index is 12.8. The zero-order valence-corrected chi connectivity index (χ0v) is 16.7. The van der Waals surface area contributed by atoms with Gasteiger partial charge in [-0.3, -0.25) is 4.79 Å². The molecule has 1 aliphatic heterocycles. The molecule has 0 aromatic heterocycles. The summed E-state index contributed by atoms with van der Waals surface area (Å²) in [6, 6.07) is 11.7. The summed E-state index contributed by atoms with van der Waals surface area (Å²) in [5.41, 5.74) is -0.0820. The lowest BCUT2D eigenvalue weighted by Gasteiger charge is -2.29. The Labute approximate surface area is 171 Å². The number of hydrogen-bond donors (Lipinski definition) is 1. The van der Waals surface area contributed by atoms with E-state index >= 15 is 0 Å². The summed E-state index contributed by atoms with van der Waals surface area (Å²) in [5, 5.41) is 1.73. The molecule has 1 heterocycles. The standard InChI is InChI=1S/C19H19F3N2O5S/c1-24(10-14-11-28-16-4-2-3-5-17(16)29-14)30(26,27)15-8-6-13(7-9-15)18(25)23-12-19(20,21)22/h2-9,14H,10-12H2,1H3,(H,23,25)/t14-/m1/s1. The number of hydrogen-bond acceptors (Lipinski definition) is 5. The summed E-state index contributed by atoms with van der Waals surface area (Å²) in [6.07, 6.45) is -5.06.